The van der Waals surface area contributed by atoms with Crippen molar-refractivity contribution in [3.05, 3.63) is 35.4 Å². The standard InChI is InChI=1S/C15H22O2/c1-12-7-9-13(10-8-12)15(2,3)11-5-6-14(16)17-4/h7-10H,5-6,11H2,1-4H3. The highest BCUT2D eigenvalue weighted by Crippen LogP contribution is 2.29. The summed E-state index contributed by atoms with van der Waals surface area (Å²) in [6, 6.07) is 8.62. The number of hydrogen-bond acceptors (Lipinski definition) is 2. The Morgan fingerprint density at radius 2 is 1.82 bits per heavy atom. The molecule has 2 heteroatoms. The molecular weight excluding hydrogens is 212 g/mol. The lowest BCUT2D eigenvalue weighted by Crippen LogP contribution is -2.17. The van der Waals surface area contributed by atoms with Gasteiger partial charge in [-0.3, -0.25) is 4.79 Å². The third-order valence-corrected chi connectivity index (χ3v) is 3.24. The van der Waals surface area contributed by atoms with Gasteiger partial charge in [0.1, 0.15) is 0 Å². The van der Waals surface area contributed by atoms with Gasteiger partial charge in [0, 0.05) is 6.42 Å². The Balaban J connectivity index is 2.56. The molecule has 17 heavy (non-hydrogen) atoms. The number of carbonyl (C=O) groups excluding carboxylic acids is 1. The lowest BCUT2D eigenvalue weighted by atomic mass is 9.80. The fourth-order valence-corrected chi connectivity index (χ4v) is 1.93. The first-order chi connectivity index (χ1) is 7.95. The number of methoxy groups -OCH3 is 1. The summed E-state index contributed by atoms with van der Waals surface area (Å²) in [5.74, 6) is -0.121. The molecule has 0 radical (unpaired) electrons. The molecule has 1 rings (SSSR count). The molecule has 0 aliphatic heterocycles. The summed E-state index contributed by atoms with van der Waals surface area (Å²) in [5.41, 5.74) is 2.72. The minimum Gasteiger partial charge on any atom is -0.469 e. The number of carbonyl (C=O) groups is 1. The smallest absolute Gasteiger partial charge is 0.305 e. The van der Waals surface area contributed by atoms with E-state index in [2.05, 4.69) is 49.8 Å². The van der Waals surface area contributed by atoms with Gasteiger partial charge < -0.3 is 4.74 Å². The van der Waals surface area contributed by atoms with Crippen molar-refractivity contribution in [3.63, 3.8) is 0 Å². The molecule has 0 aromatic heterocycles. The summed E-state index contributed by atoms with van der Waals surface area (Å²) in [5, 5.41) is 0. The Labute approximate surface area is 104 Å². The lowest BCUT2D eigenvalue weighted by molar-refractivity contribution is -0.140. The highest BCUT2D eigenvalue weighted by atomic mass is 16.5. The zero-order valence-electron chi connectivity index (χ0n) is 11.2. The molecule has 0 unspecified atom stereocenters. The Kier molecular flexibility index (Phi) is 4.73. The first-order valence-corrected chi connectivity index (χ1v) is 6.09. The number of aryl methyl sites for hydroxylation is 1. The molecule has 0 heterocycles. The molecule has 0 atom stereocenters. The Morgan fingerprint density at radius 1 is 1.24 bits per heavy atom. The van der Waals surface area contributed by atoms with Crippen LogP contribution in [0.25, 0.3) is 0 Å². The quantitative estimate of drug-likeness (QED) is 0.727. The molecule has 0 aliphatic rings. The van der Waals surface area contributed by atoms with Crippen molar-refractivity contribution in [2.75, 3.05) is 7.11 Å². The minimum atomic E-state index is -0.121. The van der Waals surface area contributed by atoms with E-state index in [0.717, 1.165) is 12.8 Å². The van der Waals surface area contributed by atoms with Crippen LogP contribution >= 0.6 is 0 Å². The van der Waals surface area contributed by atoms with Crippen molar-refractivity contribution >= 4 is 5.97 Å². The highest BCUT2D eigenvalue weighted by molar-refractivity contribution is 5.69. The molecule has 0 saturated carbocycles. The van der Waals surface area contributed by atoms with E-state index in [-0.39, 0.29) is 11.4 Å². The van der Waals surface area contributed by atoms with Gasteiger partial charge in [-0.05, 0) is 30.7 Å². The van der Waals surface area contributed by atoms with Crippen LogP contribution < -0.4 is 0 Å². The van der Waals surface area contributed by atoms with Crippen molar-refractivity contribution in [1.29, 1.82) is 0 Å². The minimum absolute atomic E-state index is 0.113. The van der Waals surface area contributed by atoms with Gasteiger partial charge in [-0.15, -0.1) is 0 Å². The summed E-state index contributed by atoms with van der Waals surface area (Å²) >= 11 is 0. The van der Waals surface area contributed by atoms with Gasteiger partial charge in [-0.1, -0.05) is 43.7 Å². The summed E-state index contributed by atoms with van der Waals surface area (Å²) in [6.07, 6.45) is 2.37. The molecular formula is C15H22O2. The topological polar surface area (TPSA) is 26.3 Å². The van der Waals surface area contributed by atoms with Gasteiger partial charge in [0.25, 0.3) is 0 Å². The first kappa shape index (κ1) is 13.8. The zero-order valence-corrected chi connectivity index (χ0v) is 11.2. The van der Waals surface area contributed by atoms with Crippen molar-refractivity contribution in [2.45, 2.75) is 45.4 Å². The maximum Gasteiger partial charge on any atom is 0.305 e. The van der Waals surface area contributed by atoms with E-state index in [9.17, 15) is 4.79 Å². The van der Waals surface area contributed by atoms with E-state index >= 15 is 0 Å². The molecule has 2 nitrogen and oxygen atoms in total. The van der Waals surface area contributed by atoms with Gasteiger partial charge in [0.05, 0.1) is 7.11 Å². The molecule has 94 valence electrons. The van der Waals surface area contributed by atoms with Gasteiger partial charge in [-0.2, -0.15) is 0 Å². The fraction of sp³-hybridized carbons (Fsp3) is 0.533. The van der Waals surface area contributed by atoms with Gasteiger partial charge in [0.15, 0.2) is 0 Å². The summed E-state index contributed by atoms with van der Waals surface area (Å²) in [4.78, 5) is 11.1. The maximum atomic E-state index is 11.1. The van der Waals surface area contributed by atoms with Crippen LogP contribution in [-0.2, 0) is 14.9 Å². The highest BCUT2D eigenvalue weighted by Gasteiger charge is 2.20. The Bertz CT molecular complexity index is 363. The van der Waals surface area contributed by atoms with E-state index in [1.807, 2.05) is 0 Å². The number of rotatable bonds is 5. The van der Waals surface area contributed by atoms with Crippen LogP contribution in [0.5, 0.6) is 0 Å². The molecule has 1 aromatic carbocycles. The van der Waals surface area contributed by atoms with E-state index in [0.29, 0.717) is 6.42 Å². The molecule has 0 saturated heterocycles. The number of hydrogen-bond donors (Lipinski definition) is 0. The Hall–Kier alpha value is -1.31. The average Bonchev–Trinajstić information content (AvgIpc) is 2.29. The Morgan fingerprint density at radius 3 is 2.35 bits per heavy atom. The second-order valence-corrected chi connectivity index (χ2v) is 5.18. The molecule has 0 bridgehead atoms. The monoisotopic (exact) mass is 234 g/mol. The molecule has 0 N–H and O–H groups in total. The molecule has 1 aromatic rings. The van der Waals surface area contributed by atoms with E-state index in [1.165, 1.54) is 18.2 Å². The van der Waals surface area contributed by atoms with Crippen molar-refractivity contribution < 1.29 is 9.53 Å². The third kappa shape index (κ3) is 4.22. The van der Waals surface area contributed by atoms with E-state index in [4.69, 9.17) is 0 Å². The van der Waals surface area contributed by atoms with E-state index in [1.54, 1.807) is 0 Å². The first-order valence-electron chi connectivity index (χ1n) is 6.09. The third-order valence-electron chi connectivity index (χ3n) is 3.24. The number of benzene rings is 1. The maximum absolute atomic E-state index is 11.1. The summed E-state index contributed by atoms with van der Waals surface area (Å²) < 4.78 is 4.65. The van der Waals surface area contributed by atoms with Crippen molar-refractivity contribution in [2.24, 2.45) is 0 Å². The molecule has 0 aliphatic carbocycles. The number of esters is 1. The molecule has 0 fully saturated rings. The van der Waals surface area contributed by atoms with E-state index < -0.39 is 0 Å². The second-order valence-electron chi connectivity index (χ2n) is 5.18. The molecule has 0 amide bonds. The zero-order chi connectivity index (χ0) is 12.9. The van der Waals surface area contributed by atoms with Crippen LogP contribution in [0.2, 0.25) is 0 Å². The van der Waals surface area contributed by atoms with Crippen LogP contribution in [0.4, 0.5) is 0 Å². The van der Waals surface area contributed by atoms with Gasteiger partial charge >= 0.3 is 5.97 Å². The lowest BCUT2D eigenvalue weighted by Gasteiger charge is -2.25. The van der Waals surface area contributed by atoms with Crippen LogP contribution in [0.3, 0.4) is 0 Å². The van der Waals surface area contributed by atoms with Gasteiger partial charge in [-0.25, -0.2) is 0 Å². The second kappa shape index (κ2) is 5.85. The van der Waals surface area contributed by atoms with Crippen LogP contribution in [0.15, 0.2) is 24.3 Å². The van der Waals surface area contributed by atoms with Gasteiger partial charge in [0.2, 0.25) is 0 Å². The van der Waals surface area contributed by atoms with Crippen LogP contribution in [0.1, 0.15) is 44.2 Å². The predicted octanol–water partition coefficient (Wildman–Crippen LogP) is 3.62. The van der Waals surface area contributed by atoms with Crippen molar-refractivity contribution in [3.8, 4) is 0 Å². The largest absolute Gasteiger partial charge is 0.469 e. The summed E-state index contributed by atoms with van der Waals surface area (Å²) in [7, 11) is 1.44. The fourth-order valence-electron chi connectivity index (χ4n) is 1.93. The van der Waals surface area contributed by atoms with Crippen LogP contribution in [-0.4, -0.2) is 13.1 Å². The van der Waals surface area contributed by atoms with Crippen molar-refractivity contribution in [1.82, 2.24) is 0 Å². The SMILES string of the molecule is COC(=O)CCCC(C)(C)c1ccc(C)cc1. The van der Waals surface area contributed by atoms with Crippen LogP contribution in [0, 0.1) is 6.92 Å². The normalized spacial score (nSPS) is 11.3. The number of ether oxygens (including phenoxy) is 1. The average molecular weight is 234 g/mol. The molecule has 0 spiro atoms. The summed E-state index contributed by atoms with van der Waals surface area (Å²) in [6.45, 7) is 6.53. The predicted molar refractivity (Wildman–Crippen MR) is 70.1 cm³/mol.